The molecule has 0 saturated heterocycles. The molecule has 0 spiro atoms. The van der Waals surface area contributed by atoms with Crippen molar-refractivity contribution in [3.63, 3.8) is 0 Å². The van der Waals surface area contributed by atoms with Crippen LogP contribution in [0, 0.1) is 5.82 Å². The number of aryl methyl sites for hydroxylation is 1. The number of rotatable bonds is 3. The van der Waals surface area contributed by atoms with Gasteiger partial charge in [-0.1, -0.05) is 0 Å². The maximum absolute atomic E-state index is 13.3. The number of anilines is 2. The first-order chi connectivity index (χ1) is 9.70. The first-order valence-corrected chi connectivity index (χ1v) is 7.92. The number of nitrogens with one attached hydrogen (secondary N) is 1. The molecule has 2 aromatic rings. The smallest absolute Gasteiger partial charge is 0.263 e. The zero-order chi connectivity index (χ0) is 15.8. The standard InChI is InChI=1S/C12H11BrFN3O3S/c1-17-6-7(2-3-12(17)18)16-21(19,20)11-5-10(15)9(14)4-8(11)13/h2-6,16H,15H2,1H3. The maximum atomic E-state index is 13.3. The molecule has 0 amide bonds. The van der Waals surface area contributed by atoms with E-state index in [2.05, 4.69) is 20.7 Å². The van der Waals surface area contributed by atoms with Crippen LogP contribution >= 0.6 is 15.9 Å². The van der Waals surface area contributed by atoms with Crippen molar-refractivity contribution in [1.82, 2.24) is 4.57 Å². The van der Waals surface area contributed by atoms with Crippen LogP contribution in [0.4, 0.5) is 15.8 Å². The molecule has 21 heavy (non-hydrogen) atoms. The fourth-order valence-electron chi connectivity index (χ4n) is 1.62. The zero-order valence-electron chi connectivity index (χ0n) is 10.8. The van der Waals surface area contributed by atoms with Gasteiger partial charge in [0.1, 0.15) is 10.7 Å². The molecule has 2 rings (SSSR count). The molecule has 1 aromatic carbocycles. The lowest BCUT2D eigenvalue weighted by atomic mass is 10.3. The second-order valence-electron chi connectivity index (χ2n) is 4.28. The minimum Gasteiger partial charge on any atom is -0.396 e. The zero-order valence-corrected chi connectivity index (χ0v) is 13.2. The molecule has 0 atom stereocenters. The van der Waals surface area contributed by atoms with Crippen molar-refractivity contribution in [2.75, 3.05) is 10.5 Å². The second kappa shape index (κ2) is 5.49. The minimum atomic E-state index is -3.97. The summed E-state index contributed by atoms with van der Waals surface area (Å²) in [6.07, 6.45) is 1.33. The Labute approximate surface area is 128 Å². The van der Waals surface area contributed by atoms with Crippen LogP contribution < -0.4 is 16.0 Å². The Morgan fingerprint density at radius 3 is 2.62 bits per heavy atom. The molecule has 112 valence electrons. The van der Waals surface area contributed by atoms with E-state index in [1.165, 1.54) is 29.9 Å². The number of hydrogen-bond donors (Lipinski definition) is 2. The van der Waals surface area contributed by atoms with Crippen LogP contribution in [0.2, 0.25) is 0 Å². The third kappa shape index (κ3) is 3.24. The highest BCUT2D eigenvalue weighted by molar-refractivity contribution is 9.10. The number of nitrogens with two attached hydrogens (primary N) is 1. The summed E-state index contributed by atoms with van der Waals surface area (Å²) >= 11 is 2.99. The van der Waals surface area contributed by atoms with Gasteiger partial charge < -0.3 is 10.3 Å². The lowest BCUT2D eigenvalue weighted by Crippen LogP contribution is -2.18. The lowest BCUT2D eigenvalue weighted by Gasteiger charge is -2.11. The molecular formula is C12H11BrFN3O3S. The van der Waals surface area contributed by atoms with Gasteiger partial charge in [-0.05, 0) is 34.1 Å². The van der Waals surface area contributed by atoms with Crippen LogP contribution in [0.3, 0.4) is 0 Å². The van der Waals surface area contributed by atoms with Gasteiger partial charge in [0.15, 0.2) is 0 Å². The summed E-state index contributed by atoms with van der Waals surface area (Å²) in [4.78, 5) is 11.1. The Balaban J connectivity index is 2.45. The van der Waals surface area contributed by atoms with E-state index in [1.807, 2.05) is 0 Å². The lowest BCUT2D eigenvalue weighted by molar-refractivity contribution is 0.599. The largest absolute Gasteiger partial charge is 0.396 e. The van der Waals surface area contributed by atoms with Crippen molar-refractivity contribution in [2.45, 2.75) is 4.90 Å². The molecule has 0 saturated carbocycles. The summed E-state index contributed by atoms with van der Waals surface area (Å²) < 4.78 is 41.4. The van der Waals surface area contributed by atoms with Crippen molar-refractivity contribution in [3.8, 4) is 0 Å². The highest BCUT2D eigenvalue weighted by atomic mass is 79.9. The van der Waals surface area contributed by atoms with Crippen LogP contribution in [0.1, 0.15) is 0 Å². The molecule has 0 radical (unpaired) electrons. The first kappa shape index (κ1) is 15.5. The quantitative estimate of drug-likeness (QED) is 0.797. The summed E-state index contributed by atoms with van der Waals surface area (Å²) in [7, 11) is -2.48. The fourth-order valence-corrected chi connectivity index (χ4v) is 3.71. The van der Waals surface area contributed by atoms with Crippen LogP contribution in [-0.4, -0.2) is 13.0 Å². The molecule has 1 aromatic heterocycles. The van der Waals surface area contributed by atoms with E-state index in [4.69, 9.17) is 5.73 Å². The predicted molar refractivity (Wildman–Crippen MR) is 81.0 cm³/mol. The summed E-state index contributed by atoms with van der Waals surface area (Å²) in [5.74, 6) is -0.720. The Morgan fingerprint density at radius 1 is 1.33 bits per heavy atom. The molecule has 0 aliphatic carbocycles. The molecule has 3 N–H and O–H groups in total. The molecule has 0 aliphatic heterocycles. The number of sulfonamides is 1. The number of halogens is 2. The molecule has 0 bridgehead atoms. The normalized spacial score (nSPS) is 11.4. The van der Waals surface area contributed by atoms with E-state index in [1.54, 1.807) is 0 Å². The molecule has 6 nitrogen and oxygen atoms in total. The van der Waals surface area contributed by atoms with Crippen LogP contribution in [0.25, 0.3) is 0 Å². The number of nitrogen functional groups attached to an aromatic ring is 1. The third-order valence-electron chi connectivity index (χ3n) is 2.68. The highest BCUT2D eigenvalue weighted by Gasteiger charge is 2.20. The fraction of sp³-hybridized carbons (Fsp3) is 0.0833. The topological polar surface area (TPSA) is 94.2 Å². The van der Waals surface area contributed by atoms with Gasteiger partial charge in [-0.3, -0.25) is 9.52 Å². The van der Waals surface area contributed by atoms with E-state index in [-0.39, 0.29) is 26.3 Å². The first-order valence-electron chi connectivity index (χ1n) is 5.65. The van der Waals surface area contributed by atoms with Crippen LogP contribution in [-0.2, 0) is 17.1 Å². The summed E-state index contributed by atoms with van der Waals surface area (Å²) in [5, 5.41) is 0. The van der Waals surface area contributed by atoms with Gasteiger partial charge in [0.25, 0.3) is 10.0 Å². The number of benzene rings is 1. The van der Waals surface area contributed by atoms with E-state index in [9.17, 15) is 17.6 Å². The van der Waals surface area contributed by atoms with Crippen molar-refractivity contribution >= 4 is 37.3 Å². The van der Waals surface area contributed by atoms with Crippen molar-refractivity contribution < 1.29 is 12.8 Å². The number of hydrogen-bond acceptors (Lipinski definition) is 4. The number of nitrogens with zero attached hydrogens (tertiary/aromatic N) is 1. The average Bonchev–Trinajstić information content (AvgIpc) is 2.37. The van der Waals surface area contributed by atoms with E-state index >= 15 is 0 Å². The van der Waals surface area contributed by atoms with Gasteiger partial charge >= 0.3 is 0 Å². The van der Waals surface area contributed by atoms with Gasteiger partial charge in [0.2, 0.25) is 5.56 Å². The Kier molecular flexibility index (Phi) is 4.06. The van der Waals surface area contributed by atoms with Gasteiger partial charge in [0, 0.05) is 23.8 Å². The van der Waals surface area contributed by atoms with Crippen molar-refractivity contribution in [1.29, 1.82) is 0 Å². The highest BCUT2D eigenvalue weighted by Crippen LogP contribution is 2.28. The van der Waals surface area contributed by atoms with Crippen LogP contribution in [0.15, 0.2) is 44.6 Å². The van der Waals surface area contributed by atoms with Crippen LogP contribution in [0.5, 0.6) is 0 Å². The molecular weight excluding hydrogens is 365 g/mol. The minimum absolute atomic E-state index is 0.0477. The number of pyridine rings is 1. The number of aromatic nitrogens is 1. The summed E-state index contributed by atoms with van der Waals surface area (Å²) in [6, 6.07) is 4.56. The molecule has 9 heteroatoms. The van der Waals surface area contributed by atoms with E-state index < -0.39 is 15.8 Å². The Hall–Kier alpha value is -1.87. The monoisotopic (exact) mass is 375 g/mol. The third-order valence-corrected chi connectivity index (χ3v) is 5.02. The van der Waals surface area contributed by atoms with Gasteiger partial charge in [-0.25, -0.2) is 12.8 Å². The average molecular weight is 376 g/mol. The molecule has 0 unspecified atom stereocenters. The van der Waals surface area contributed by atoms with Crippen molar-refractivity contribution in [3.05, 3.63) is 51.1 Å². The van der Waals surface area contributed by atoms with Gasteiger partial charge in [-0.2, -0.15) is 0 Å². The summed E-state index contributed by atoms with van der Waals surface area (Å²) in [6.45, 7) is 0. The van der Waals surface area contributed by atoms with Gasteiger partial charge in [0.05, 0.1) is 11.4 Å². The Morgan fingerprint density at radius 2 is 2.00 bits per heavy atom. The summed E-state index contributed by atoms with van der Waals surface area (Å²) in [5.41, 5.74) is 5.04. The van der Waals surface area contributed by atoms with Gasteiger partial charge in [-0.15, -0.1) is 0 Å². The second-order valence-corrected chi connectivity index (χ2v) is 6.78. The molecule has 0 fully saturated rings. The molecule has 0 aliphatic rings. The van der Waals surface area contributed by atoms with E-state index in [0.29, 0.717) is 0 Å². The Bertz CT molecular complexity index is 865. The van der Waals surface area contributed by atoms with E-state index in [0.717, 1.165) is 12.1 Å². The predicted octanol–water partition coefficient (Wildman–Crippen LogP) is 1.67. The van der Waals surface area contributed by atoms with Crippen molar-refractivity contribution in [2.24, 2.45) is 7.05 Å². The maximum Gasteiger partial charge on any atom is 0.263 e. The SMILES string of the molecule is Cn1cc(NS(=O)(=O)c2cc(N)c(F)cc2Br)ccc1=O. The molecule has 1 heterocycles.